The Morgan fingerprint density at radius 3 is 2.23 bits per heavy atom. The lowest BCUT2D eigenvalue weighted by atomic mass is 9.71. The number of likely N-dealkylation sites (tertiary alicyclic amines) is 2. The highest BCUT2D eigenvalue weighted by Gasteiger charge is 2.71. The summed E-state index contributed by atoms with van der Waals surface area (Å²) < 4.78 is 94.4. The molecule has 2 saturated heterocycles. The van der Waals surface area contributed by atoms with Crippen molar-refractivity contribution < 1.29 is 50.2 Å². The Balaban J connectivity index is 1.29. The number of hydrogen-bond donors (Lipinski definition) is 1. The van der Waals surface area contributed by atoms with Crippen molar-refractivity contribution in [3.8, 4) is 0 Å². The van der Waals surface area contributed by atoms with Gasteiger partial charge < -0.3 is 14.9 Å². The zero-order chi connectivity index (χ0) is 28.5. The van der Waals surface area contributed by atoms with E-state index in [2.05, 4.69) is 5.10 Å². The topological polar surface area (TPSA) is 95.7 Å². The van der Waals surface area contributed by atoms with E-state index in [9.17, 15) is 50.2 Å². The molecule has 3 aliphatic rings. The largest absolute Gasteiger partial charge is 0.481 e. The molecule has 210 valence electrons. The number of benzene rings is 1. The maximum atomic E-state index is 13.4. The van der Waals surface area contributed by atoms with Crippen molar-refractivity contribution in [2.24, 2.45) is 16.7 Å². The van der Waals surface area contributed by atoms with Crippen molar-refractivity contribution >= 4 is 17.8 Å². The van der Waals surface area contributed by atoms with Crippen molar-refractivity contribution in [2.45, 2.75) is 31.7 Å². The number of amides is 2. The van der Waals surface area contributed by atoms with Crippen LogP contribution in [0.1, 0.15) is 34.3 Å². The predicted octanol–water partition coefficient (Wildman–Crippen LogP) is 3.42. The van der Waals surface area contributed by atoms with Crippen LogP contribution in [-0.4, -0.2) is 74.8 Å². The number of aliphatic carboxylic acids is 1. The normalized spacial score (nSPS) is 21.7. The minimum atomic E-state index is -4.82. The average molecular weight is 562 g/mol. The molecule has 2 aliphatic heterocycles. The number of carboxylic acids is 1. The molecule has 15 heteroatoms. The molecule has 3 fully saturated rings. The summed E-state index contributed by atoms with van der Waals surface area (Å²) in [5.74, 6) is -5.22. The van der Waals surface area contributed by atoms with Crippen LogP contribution in [0.5, 0.6) is 0 Å². The van der Waals surface area contributed by atoms with Gasteiger partial charge in [-0.1, -0.05) is 6.07 Å². The number of alkyl halides is 6. The Hall–Kier alpha value is -3.65. The van der Waals surface area contributed by atoms with Gasteiger partial charge in [-0.2, -0.15) is 31.4 Å². The van der Waals surface area contributed by atoms with Crippen LogP contribution >= 0.6 is 0 Å². The molecule has 1 aliphatic carbocycles. The number of nitrogens with zero attached hydrogens (tertiary/aromatic N) is 4. The Labute approximate surface area is 216 Å². The Morgan fingerprint density at radius 2 is 1.67 bits per heavy atom. The summed E-state index contributed by atoms with van der Waals surface area (Å²) in [5, 5.41) is 13.6. The van der Waals surface area contributed by atoms with E-state index < -0.39 is 64.8 Å². The molecule has 1 aromatic carbocycles. The minimum absolute atomic E-state index is 0.0480. The highest BCUT2D eigenvalue weighted by atomic mass is 19.4. The lowest BCUT2D eigenvalue weighted by Gasteiger charge is -2.50. The molecule has 1 atom stereocenters. The van der Waals surface area contributed by atoms with E-state index >= 15 is 0 Å². The SMILES string of the molecule is O=C(O)[C@@H]1CN(C(=O)c2cnn(Cc3ccc(F)cc3C(F)(F)F)c2)CC12CN(C(=O)C1(C(F)(F)F)CC1)C2. The van der Waals surface area contributed by atoms with Crippen LogP contribution in [-0.2, 0) is 22.3 Å². The van der Waals surface area contributed by atoms with Gasteiger partial charge in [0.05, 0.1) is 29.8 Å². The van der Waals surface area contributed by atoms with E-state index in [1.54, 1.807) is 0 Å². The van der Waals surface area contributed by atoms with Gasteiger partial charge in [-0.15, -0.1) is 0 Å². The van der Waals surface area contributed by atoms with Gasteiger partial charge in [-0.05, 0) is 30.5 Å². The first-order valence-electron chi connectivity index (χ1n) is 11.8. The van der Waals surface area contributed by atoms with Crippen molar-refractivity contribution in [2.75, 3.05) is 26.2 Å². The molecule has 8 nitrogen and oxygen atoms in total. The number of hydrogen-bond acceptors (Lipinski definition) is 4. The molecule has 3 heterocycles. The average Bonchev–Trinajstić information content (AvgIpc) is 3.35. The first kappa shape index (κ1) is 26.9. The molecule has 1 aromatic heterocycles. The van der Waals surface area contributed by atoms with E-state index in [0.29, 0.717) is 6.07 Å². The highest BCUT2D eigenvalue weighted by molar-refractivity contribution is 5.95. The molecule has 1 spiro atoms. The molecular formula is C24H21F7N4O4. The second-order valence-corrected chi connectivity index (χ2v) is 10.4. The van der Waals surface area contributed by atoms with Crippen LogP contribution in [0.3, 0.4) is 0 Å². The van der Waals surface area contributed by atoms with Crippen LogP contribution in [0.25, 0.3) is 0 Å². The highest BCUT2D eigenvalue weighted by Crippen LogP contribution is 2.60. The third-order valence-corrected chi connectivity index (χ3v) is 7.82. The van der Waals surface area contributed by atoms with E-state index in [0.717, 1.165) is 27.9 Å². The van der Waals surface area contributed by atoms with Gasteiger partial charge in [-0.3, -0.25) is 19.1 Å². The van der Waals surface area contributed by atoms with Gasteiger partial charge in [0.15, 0.2) is 0 Å². The third-order valence-electron chi connectivity index (χ3n) is 7.82. The van der Waals surface area contributed by atoms with Gasteiger partial charge in [0.2, 0.25) is 5.91 Å². The maximum Gasteiger partial charge on any atom is 0.416 e. The first-order valence-corrected chi connectivity index (χ1v) is 11.8. The van der Waals surface area contributed by atoms with E-state index in [4.69, 9.17) is 0 Å². The Morgan fingerprint density at radius 1 is 1.03 bits per heavy atom. The van der Waals surface area contributed by atoms with Crippen molar-refractivity contribution in [3.05, 3.63) is 53.1 Å². The monoisotopic (exact) mass is 562 g/mol. The quantitative estimate of drug-likeness (QED) is 0.564. The molecule has 39 heavy (non-hydrogen) atoms. The molecule has 0 unspecified atom stereocenters. The van der Waals surface area contributed by atoms with Crippen LogP contribution in [0.4, 0.5) is 30.7 Å². The zero-order valence-corrected chi connectivity index (χ0v) is 20.0. The number of rotatable bonds is 5. The van der Waals surface area contributed by atoms with E-state index in [1.807, 2.05) is 0 Å². The van der Waals surface area contributed by atoms with Crippen LogP contribution < -0.4 is 0 Å². The van der Waals surface area contributed by atoms with Crippen LogP contribution in [0.15, 0.2) is 30.6 Å². The lowest BCUT2D eigenvalue weighted by Crippen LogP contribution is -2.65. The number of carbonyl (C=O) groups excluding carboxylic acids is 2. The van der Waals surface area contributed by atoms with Gasteiger partial charge in [-0.25, -0.2) is 4.39 Å². The van der Waals surface area contributed by atoms with Crippen molar-refractivity contribution in [1.82, 2.24) is 19.6 Å². The smallest absolute Gasteiger partial charge is 0.416 e. The van der Waals surface area contributed by atoms with E-state index in [-0.39, 0.29) is 50.1 Å². The molecule has 0 bridgehead atoms. The second-order valence-electron chi connectivity index (χ2n) is 10.4. The second kappa shape index (κ2) is 8.68. The predicted molar refractivity (Wildman–Crippen MR) is 116 cm³/mol. The molecule has 0 radical (unpaired) electrons. The van der Waals surface area contributed by atoms with Gasteiger partial charge in [0.25, 0.3) is 5.91 Å². The van der Waals surface area contributed by atoms with Crippen LogP contribution in [0.2, 0.25) is 0 Å². The fourth-order valence-electron chi connectivity index (χ4n) is 5.56. The summed E-state index contributed by atoms with van der Waals surface area (Å²) >= 11 is 0. The maximum absolute atomic E-state index is 13.4. The molecule has 2 aromatic rings. The third kappa shape index (κ3) is 4.50. The van der Waals surface area contributed by atoms with Gasteiger partial charge >= 0.3 is 18.3 Å². The summed E-state index contributed by atoms with van der Waals surface area (Å²) in [4.78, 5) is 39.8. The molecule has 5 rings (SSSR count). The summed E-state index contributed by atoms with van der Waals surface area (Å²) in [7, 11) is 0. The zero-order valence-electron chi connectivity index (χ0n) is 20.0. The fourth-order valence-corrected chi connectivity index (χ4v) is 5.56. The lowest BCUT2D eigenvalue weighted by molar-refractivity contribution is -0.206. The van der Waals surface area contributed by atoms with Crippen molar-refractivity contribution in [3.63, 3.8) is 0 Å². The molecular weight excluding hydrogens is 541 g/mol. The fraction of sp³-hybridized carbons (Fsp3) is 0.500. The molecule has 1 N–H and O–H groups in total. The summed E-state index contributed by atoms with van der Waals surface area (Å²) in [6, 6.07) is 2.17. The first-order chi connectivity index (χ1) is 18.1. The standard InChI is InChI=1S/C24H21F7N4O4/c25-15-2-1-13(16(5-15)23(26,27)28)7-35-8-14(6-32-35)18(36)33-9-17(19(37)38)21(10-33)11-34(12-21)20(39)22(3-4-22)24(29,30)31/h1-2,5-6,8,17H,3-4,7,9-12H2,(H,37,38)/t17-/m0/s1. The van der Waals surface area contributed by atoms with E-state index in [1.165, 1.54) is 11.1 Å². The summed E-state index contributed by atoms with van der Waals surface area (Å²) in [6.45, 7) is -1.31. The number of carbonyl (C=O) groups is 3. The van der Waals surface area contributed by atoms with Crippen molar-refractivity contribution in [1.29, 1.82) is 0 Å². The van der Waals surface area contributed by atoms with Crippen LogP contribution in [0, 0.1) is 22.6 Å². The molecule has 2 amide bonds. The minimum Gasteiger partial charge on any atom is -0.481 e. The summed E-state index contributed by atoms with van der Waals surface area (Å²) in [5.41, 5.74) is -5.08. The summed E-state index contributed by atoms with van der Waals surface area (Å²) in [6.07, 6.45) is -7.90. The molecule has 1 saturated carbocycles. The Kier molecular flexibility index (Phi) is 5.99. The van der Waals surface area contributed by atoms with Gasteiger partial charge in [0, 0.05) is 37.8 Å². The Bertz CT molecular complexity index is 1340. The number of carboxylic acid groups (broad SMARTS) is 1. The number of halogens is 7. The van der Waals surface area contributed by atoms with Gasteiger partial charge in [0.1, 0.15) is 11.2 Å². The number of aromatic nitrogens is 2.